The van der Waals surface area contributed by atoms with E-state index in [2.05, 4.69) is 9.80 Å². The van der Waals surface area contributed by atoms with Crippen LogP contribution in [0.4, 0.5) is 0 Å². The van der Waals surface area contributed by atoms with Crippen molar-refractivity contribution in [3.05, 3.63) is 54.6 Å². The number of para-hydroxylation sites is 3. The molecule has 0 aliphatic carbocycles. The summed E-state index contributed by atoms with van der Waals surface area (Å²) < 4.78 is 17.7. The highest BCUT2D eigenvalue weighted by Gasteiger charge is 2.25. The molecule has 26 heavy (non-hydrogen) atoms. The molecule has 0 bridgehead atoms. The van der Waals surface area contributed by atoms with Crippen LogP contribution in [0.3, 0.4) is 0 Å². The fourth-order valence-electron chi connectivity index (χ4n) is 3.45. The number of piperazine rings is 1. The quantitative estimate of drug-likeness (QED) is 0.796. The Labute approximate surface area is 155 Å². The zero-order valence-corrected chi connectivity index (χ0v) is 15.0. The van der Waals surface area contributed by atoms with E-state index in [4.69, 9.17) is 14.2 Å². The molecule has 0 spiro atoms. The van der Waals surface area contributed by atoms with Gasteiger partial charge in [0.1, 0.15) is 25.1 Å². The van der Waals surface area contributed by atoms with Gasteiger partial charge < -0.3 is 14.2 Å². The van der Waals surface area contributed by atoms with Crippen LogP contribution in [0.1, 0.15) is 0 Å². The van der Waals surface area contributed by atoms with Gasteiger partial charge in [-0.15, -0.1) is 0 Å². The Kier molecular flexibility index (Phi) is 5.57. The maximum atomic E-state index is 6.08. The van der Waals surface area contributed by atoms with E-state index in [9.17, 15) is 0 Å². The molecule has 1 atom stereocenters. The summed E-state index contributed by atoms with van der Waals surface area (Å²) in [5.41, 5.74) is 0. The van der Waals surface area contributed by atoms with Crippen molar-refractivity contribution in [1.82, 2.24) is 9.80 Å². The lowest BCUT2D eigenvalue weighted by molar-refractivity contribution is 0.0384. The molecule has 0 aromatic heterocycles. The van der Waals surface area contributed by atoms with Crippen LogP contribution in [-0.2, 0) is 0 Å². The molecular weight excluding hydrogens is 328 g/mol. The van der Waals surface area contributed by atoms with E-state index in [0.717, 1.165) is 63.1 Å². The molecule has 0 N–H and O–H groups in total. The Balaban J connectivity index is 1.16. The number of hydrogen-bond acceptors (Lipinski definition) is 5. The summed E-state index contributed by atoms with van der Waals surface area (Å²) in [4.78, 5) is 4.93. The van der Waals surface area contributed by atoms with Gasteiger partial charge in [-0.25, -0.2) is 0 Å². The van der Waals surface area contributed by atoms with E-state index in [1.165, 1.54) is 0 Å². The highest BCUT2D eigenvalue weighted by atomic mass is 16.6. The predicted molar refractivity (Wildman–Crippen MR) is 101 cm³/mol. The first-order valence-electron chi connectivity index (χ1n) is 9.38. The van der Waals surface area contributed by atoms with E-state index in [1.807, 2.05) is 54.6 Å². The molecule has 1 saturated heterocycles. The molecule has 1 fully saturated rings. The number of benzene rings is 2. The van der Waals surface area contributed by atoms with Crippen LogP contribution in [0.2, 0.25) is 0 Å². The highest BCUT2D eigenvalue weighted by Crippen LogP contribution is 2.31. The summed E-state index contributed by atoms with van der Waals surface area (Å²) >= 11 is 0. The first-order valence-corrected chi connectivity index (χ1v) is 9.38. The minimum Gasteiger partial charge on any atom is -0.492 e. The van der Waals surface area contributed by atoms with Crippen molar-refractivity contribution >= 4 is 0 Å². The van der Waals surface area contributed by atoms with E-state index in [1.54, 1.807) is 0 Å². The van der Waals surface area contributed by atoms with Gasteiger partial charge in [0.05, 0.1) is 0 Å². The van der Waals surface area contributed by atoms with Gasteiger partial charge in [-0.2, -0.15) is 0 Å². The van der Waals surface area contributed by atoms with Crippen molar-refractivity contribution in [1.29, 1.82) is 0 Å². The smallest absolute Gasteiger partial charge is 0.161 e. The molecule has 138 valence electrons. The minimum absolute atomic E-state index is 0.109. The summed E-state index contributed by atoms with van der Waals surface area (Å²) in [5.74, 6) is 2.66. The number of rotatable bonds is 6. The van der Waals surface area contributed by atoms with Crippen molar-refractivity contribution in [2.24, 2.45) is 0 Å². The van der Waals surface area contributed by atoms with E-state index < -0.39 is 0 Å². The standard InChI is InChI=1S/C21H26N2O3/c1-2-6-18(7-3-1)24-15-14-22-10-12-23(13-11-22)16-19-17-25-20-8-4-5-9-21(20)26-19/h1-9,19H,10-17H2. The number of ether oxygens (including phenoxy) is 3. The average Bonchev–Trinajstić information content (AvgIpc) is 2.70. The van der Waals surface area contributed by atoms with Crippen LogP contribution in [0.5, 0.6) is 17.2 Å². The third-order valence-corrected chi connectivity index (χ3v) is 4.91. The maximum absolute atomic E-state index is 6.08. The molecule has 5 heteroatoms. The second-order valence-electron chi connectivity index (χ2n) is 6.80. The Bertz CT molecular complexity index is 687. The molecule has 0 saturated carbocycles. The first kappa shape index (κ1) is 17.2. The largest absolute Gasteiger partial charge is 0.492 e. The lowest BCUT2D eigenvalue weighted by Gasteiger charge is -2.37. The zero-order chi connectivity index (χ0) is 17.6. The Morgan fingerprint density at radius 1 is 0.846 bits per heavy atom. The molecule has 4 rings (SSSR count). The van der Waals surface area contributed by atoms with Gasteiger partial charge in [-0.3, -0.25) is 9.80 Å². The molecule has 2 aromatic rings. The minimum atomic E-state index is 0.109. The van der Waals surface area contributed by atoms with Crippen molar-refractivity contribution in [3.8, 4) is 17.2 Å². The summed E-state index contributed by atoms with van der Waals surface area (Å²) in [6.07, 6.45) is 0.109. The number of hydrogen-bond donors (Lipinski definition) is 0. The molecular formula is C21H26N2O3. The van der Waals surface area contributed by atoms with Crippen LogP contribution in [0.25, 0.3) is 0 Å². The summed E-state index contributed by atoms with van der Waals surface area (Å²) in [6, 6.07) is 17.9. The number of fused-ring (bicyclic) bond motifs is 1. The average molecular weight is 354 g/mol. The van der Waals surface area contributed by atoms with Gasteiger partial charge in [0, 0.05) is 39.3 Å². The Hall–Kier alpha value is -2.24. The van der Waals surface area contributed by atoms with Gasteiger partial charge in [-0.1, -0.05) is 30.3 Å². The third-order valence-electron chi connectivity index (χ3n) is 4.91. The molecule has 2 aliphatic heterocycles. The lowest BCUT2D eigenvalue weighted by Crippen LogP contribution is -2.51. The van der Waals surface area contributed by atoms with Crippen LogP contribution >= 0.6 is 0 Å². The molecule has 2 aliphatic rings. The monoisotopic (exact) mass is 354 g/mol. The van der Waals surface area contributed by atoms with Gasteiger partial charge in [0.15, 0.2) is 11.5 Å². The first-order chi connectivity index (χ1) is 12.9. The molecule has 2 heterocycles. The van der Waals surface area contributed by atoms with Crippen LogP contribution in [0.15, 0.2) is 54.6 Å². The van der Waals surface area contributed by atoms with Crippen molar-refractivity contribution in [2.45, 2.75) is 6.10 Å². The summed E-state index contributed by atoms with van der Waals surface area (Å²) in [6.45, 7) is 7.52. The topological polar surface area (TPSA) is 34.2 Å². The highest BCUT2D eigenvalue weighted by molar-refractivity contribution is 5.40. The Morgan fingerprint density at radius 2 is 1.54 bits per heavy atom. The zero-order valence-electron chi connectivity index (χ0n) is 15.0. The molecule has 2 aromatic carbocycles. The van der Waals surface area contributed by atoms with Crippen LogP contribution in [0, 0.1) is 0 Å². The lowest BCUT2D eigenvalue weighted by atomic mass is 10.2. The fraction of sp³-hybridized carbons (Fsp3) is 0.429. The number of nitrogens with zero attached hydrogens (tertiary/aromatic N) is 2. The van der Waals surface area contributed by atoms with Gasteiger partial charge >= 0.3 is 0 Å². The molecule has 0 amide bonds. The van der Waals surface area contributed by atoms with Gasteiger partial charge in [0.25, 0.3) is 0 Å². The van der Waals surface area contributed by atoms with Gasteiger partial charge in [0.2, 0.25) is 0 Å². The summed E-state index contributed by atoms with van der Waals surface area (Å²) in [7, 11) is 0. The van der Waals surface area contributed by atoms with Crippen molar-refractivity contribution < 1.29 is 14.2 Å². The van der Waals surface area contributed by atoms with Crippen LogP contribution in [-0.4, -0.2) is 68.4 Å². The maximum Gasteiger partial charge on any atom is 0.161 e. The van der Waals surface area contributed by atoms with Crippen molar-refractivity contribution in [3.63, 3.8) is 0 Å². The predicted octanol–water partition coefficient (Wildman–Crippen LogP) is 2.52. The van der Waals surface area contributed by atoms with E-state index in [-0.39, 0.29) is 6.10 Å². The molecule has 1 unspecified atom stereocenters. The summed E-state index contributed by atoms with van der Waals surface area (Å²) in [5, 5.41) is 0. The van der Waals surface area contributed by atoms with Crippen molar-refractivity contribution in [2.75, 3.05) is 52.5 Å². The second kappa shape index (κ2) is 8.43. The fourth-order valence-corrected chi connectivity index (χ4v) is 3.45. The van der Waals surface area contributed by atoms with E-state index >= 15 is 0 Å². The molecule has 0 radical (unpaired) electrons. The Morgan fingerprint density at radius 3 is 2.35 bits per heavy atom. The SMILES string of the molecule is c1ccc(OCCN2CCN(CC3COc4ccccc4O3)CC2)cc1. The van der Waals surface area contributed by atoms with Gasteiger partial charge in [-0.05, 0) is 24.3 Å². The second-order valence-corrected chi connectivity index (χ2v) is 6.80. The van der Waals surface area contributed by atoms with E-state index in [0.29, 0.717) is 6.61 Å². The molecule has 5 nitrogen and oxygen atoms in total. The van der Waals surface area contributed by atoms with Crippen LogP contribution < -0.4 is 14.2 Å². The normalized spacial score (nSPS) is 20.7. The third kappa shape index (κ3) is 4.48.